The van der Waals surface area contributed by atoms with Crippen molar-refractivity contribution >= 4 is 5.97 Å². The summed E-state index contributed by atoms with van der Waals surface area (Å²) in [6.07, 6.45) is 14.7. The molecule has 3 fully saturated rings. The molecule has 1 spiro atoms. The van der Waals surface area contributed by atoms with E-state index in [1.165, 1.54) is 37.9 Å². The second-order valence-corrected chi connectivity index (χ2v) is 10.0. The minimum Gasteiger partial charge on any atom is -0.498 e. The predicted molar refractivity (Wildman–Crippen MR) is 105 cm³/mol. The second-order valence-electron chi connectivity index (χ2n) is 10.0. The first kappa shape index (κ1) is 17.8. The molecule has 2 saturated carbocycles. The van der Waals surface area contributed by atoms with Crippen LogP contribution in [0, 0.1) is 28.6 Å². The molecule has 0 radical (unpaired) electrons. The van der Waals surface area contributed by atoms with E-state index in [1.807, 2.05) is 0 Å². The highest BCUT2D eigenvalue weighted by Gasteiger charge is 2.67. The van der Waals surface area contributed by atoms with Crippen molar-refractivity contribution < 1.29 is 14.3 Å². The summed E-state index contributed by atoms with van der Waals surface area (Å²) in [6, 6.07) is 0. The van der Waals surface area contributed by atoms with E-state index in [0.29, 0.717) is 24.2 Å². The van der Waals surface area contributed by atoms with Crippen LogP contribution in [0.25, 0.3) is 0 Å². The van der Waals surface area contributed by atoms with E-state index in [9.17, 15) is 4.79 Å². The fourth-order valence-corrected chi connectivity index (χ4v) is 7.99. The highest BCUT2D eigenvalue weighted by atomic mass is 16.6. The summed E-state index contributed by atoms with van der Waals surface area (Å²) >= 11 is 0. The van der Waals surface area contributed by atoms with Crippen LogP contribution in [0.2, 0.25) is 0 Å². The molecule has 0 amide bonds. The number of carbonyl (C=O) groups excluding carboxylic acids is 1. The van der Waals surface area contributed by atoms with Crippen molar-refractivity contribution in [3.05, 3.63) is 23.5 Å². The average molecular weight is 371 g/mol. The number of carbonyl (C=O) groups is 1. The van der Waals surface area contributed by atoms with Crippen LogP contribution < -0.4 is 0 Å². The zero-order valence-corrected chi connectivity index (χ0v) is 17.2. The van der Waals surface area contributed by atoms with Crippen LogP contribution >= 0.6 is 0 Å². The van der Waals surface area contributed by atoms with Gasteiger partial charge in [0.05, 0.1) is 6.61 Å². The molecule has 0 bridgehead atoms. The standard InChI is InChI=1S/C24H34O3/c1-4-26-20-7-5-6-16-8-9-17-18-11-14-24(15-12-21(25)27-24)22(18,2)13-10-19(17)23(16,20)3/h7-8,17-19H,4-6,9-15H2,1-3H3/t17-,18+,19-,22+,23+,24+/m0/s1. The minimum absolute atomic E-state index is 0.0330. The van der Waals surface area contributed by atoms with Crippen LogP contribution in [-0.4, -0.2) is 18.2 Å². The van der Waals surface area contributed by atoms with Gasteiger partial charge < -0.3 is 9.47 Å². The largest absolute Gasteiger partial charge is 0.498 e. The summed E-state index contributed by atoms with van der Waals surface area (Å²) in [7, 11) is 0. The number of fused-ring (bicyclic) bond motifs is 6. The monoisotopic (exact) mass is 370 g/mol. The number of rotatable bonds is 2. The molecule has 1 saturated heterocycles. The highest BCUT2D eigenvalue weighted by Crippen LogP contribution is 2.69. The molecule has 6 atom stereocenters. The lowest BCUT2D eigenvalue weighted by Crippen LogP contribution is -2.54. The number of allylic oxidation sites excluding steroid dienone is 3. The van der Waals surface area contributed by atoms with Gasteiger partial charge in [-0.25, -0.2) is 0 Å². The molecule has 5 rings (SSSR count). The zero-order valence-electron chi connectivity index (χ0n) is 17.2. The Morgan fingerprint density at radius 1 is 1.11 bits per heavy atom. The maximum Gasteiger partial charge on any atom is 0.306 e. The molecule has 0 aromatic carbocycles. The lowest BCUT2D eigenvalue weighted by molar-refractivity contribution is -0.166. The third-order valence-electron chi connectivity index (χ3n) is 9.37. The topological polar surface area (TPSA) is 35.5 Å². The summed E-state index contributed by atoms with van der Waals surface area (Å²) in [5.74, 6) is 3.30. The van der Waals surface area contributed by atoms with E-state index in [2.05, 4.69) is 32.9 Å². The molecule has 4 aliphatic carbocycles. The summed E-state index contributed by atoms with van der Waals surface area (Å²) in [5, 5.41) is 0. The highest BCUT2D eigenvalue weighted by molar-refractivity contribution is 5.72. The number of ether oxygens (including phenoxy) is 2. The van der Waals surface area contributed by atoms with E-state index in [1.54, 1.807) is 5.57 Å². The van der Waals surface area contributed by atoms with Crippen LogP contribution in [0.5, 0.6) is 0 Å². The van der Waals surface area contributed by atoms with Gasteiger partial charge in [-0.2, -0.15) is 0 Å². The van der Waals surface area contributed by atoms with Crippen molar-refractivity contribution in [1.29, 1.82) is 0 Å². The van der Waals surface area contributed by atoms with E-state index in [0.717, 1.165) is 25.9 Å². The molecule has 1 aliphatic heterocycles. The summed E-state index contributed by atoms with van der Waals surface area (Å²) in [5.41, 5.74) is 1.70. The van der Waals surface area contributed by atoms with E-state index in [4.69, 9.17) is 9.47 Å². The predicted octanol–water partition coefficient (Wildman–Crippen LogP) is 5.56. The van der Waals surface area contributed by atoms with Crippen molar-refractivity contribution in [1.82, 2.24) is 0 Å². The Labute approximate surface area is 163 Å². The Morgan fingerprint density at radius 2 is 1.93 bits per heavy atom. The molecule has 3 heteroatoms. The molecule has 0 N–H and O–H groups in total. The molecular weight excluding hydrogens is 336 g/mol. The Bertz CT molecular complexity index is 721. The Kier molecular flexibility index (Phi) is 3.88. The third-order valence-corrected chi connectivity index (χ3v) is 9.37. The Hall–Kier alpha value is -1.25. The van der Waals surface area contributed by atoms with Crippen LogP contribution in [0.1, 0.15) is 78.6 Å². The van der Waals surface area contributed by atoms with E-state index < -0.39 is 0 Å². The third kappa shape index (κ3) is 2.17. The molecule has 0 aromatic heterocycles. The molecule has 3 nitrogen and oxygen atoms in total. The first-order valence-electron chi connectivity index (χ1n) is 11.2. The molecule has 27 heavy (non-hydrogen) atoms. The van der Waals surface area contributed by atoms with Gasteiger partial charge in [-0.3, -0.25) is 4.79 Å². The summed E-state index contributed by atoms with van der Waals surface area (Å²) in [4.78, 5) is 12.0. The SMILES string of the molecule is CCOC1=CCCC2=CC[C@H]3[C@H]4CC[C@@]5(CCC(=O)O5)[C@]4(C)CC[C@@H]3[C@@]21C. The van der Waals surface area contributed by atoms with E-state index in [-0.39, 0.29) is 22.4 Å². The van der Waals surface area contributed by atoms with Gasteiger partial charge in [-0.05, 0) is 89.0 Å². The van der Waals surface area contributed by atoms with Gasteiger partial charge in [0.25, 0.3) is 0 Å². The Balaban J connectivity index is 1.51. The maximum absolute atomic E-state index is 12.0. The first-order valence-corrected chi connectivity index (χ1v) is 11.2. The van der Waals surface area contributed by atoms with Crippen molar-refractivity contribution in [2.24, 2.45) is 28.6 Å². The van der Waals surface area contributed by atoms with Crippen LogP contribution in [0.3, 0.4) is 0 Å². The van der Waals surface area contributed by atoms with Crippen molar-refractivity contribution in [2.75, 3.05) is 6.61 Å². The molecule has 1 heterocycles. The van der Waals surface area contributed by atoms with Gasteiger partial charge in [-0.1, -0.05) is 18.6 Å². The van der Waals surface area contributed by atoms with Gasteiger partial charge in [0.1, 0.15) is 11.4 Å². The smallest absolute Gasteiger partial charge is 0.306 e. The van der Waals surface area contributed by atoms with Crippen molar-refractivity contribution in [3.63, 3.8) is 0 Å². The Morgan fingerprint density at radius 3 is 2.67 bits per heavy atom. The summed E-state index contributed by atoms with van der Waals surface area (Å²) < 4.78 is 12.3. The first-order chi connectivity index (χ1) is 12.9. The normalized spacial score (nSPS) is 48.3. The second kappa shape index (κ2) is 5.87. The van der Waals surface area contributed by atoms with Crippen LogP contribution in [0.15, 0.2) is 23.5 Å². The van der Waals surface area contributed by atoms with Gasteiger partial charge in [-0.15, -0.1) is 0 Å². The molecule has 0 aromatic rings. The molecular formula is C24H34O3. The molecule has 148 valence electrons. The van der Waals surface area contributed by atoms with Gasteiger partial charge >= 0.3 is 5.97 Å². The lowest BCUT2D eigenvalue weighted by atomic mass is 9.47. The van der Waals surface area contributed by atoms with Crippen molar-refractivity contribution in [2.45, 2.75) is 84.2 Å². The fraction of sp³-hybridized carbons (Fsp3) is 0.792. The number of hydrogen-bond acceptors (Lipinski definition) is 3. The van der Waals surface area contributed by atoms with Gasteiger partial charge in [0.15, 0.2) is 0 Å². The zero-order chi connectivity index (χ0) is 18.9. The average Bonchev–Trinajstić information content (AvgIpc) is 3.17. The van der Waals surface area contributed by atoms with Gasteiger partial charge in [0.2, 0.25) is 0 Å². The van der Waals surface area contributed by atoms with Gasteiger partial charge in [0, 0.05) is 17.3 Å². The lowest BCUT2D eigenvalue weighted by Gasteiger charge is -2.58. The fourth-order valence-electron chi connectivity index (χ4n) is 7.99. The molecule has 5 aliphatic rings. The summed E-state index contributed by atoms with van der Waals surface area (Å²) in [6.45, 7) is 7.77. The number of hydrogen-bond donors (Lipinski definition) is 0. The van der Waals surface area contributed by atoms with E-state index >= 15 is 0 Å². The van der Waals surface area contributed by atoms with Crippen LogP contribution in [-0.2, 0) is 14.3 Å². The maximum atomic E-state index is 12.0. The molecule has 0 unspecified atom stereocenters. The van der Waals surface area contributed by atoms with Crippen molar-refractivity contribution in [3.8, 4) is 0 Å². The number of esters is 1. The quantitative estimate of drug-likeness (QED) is 0.472. The van der Waals surface area contributed by atoms with Crippen LogP contribution in [0.4, 0.5) is 0 Å². The minimum atomic E-state index is -0.171.